The van der Waals surface area contributed by atoms with Gasteiger partial charge in [-0.15, -0.1) is 0 Å². The van der Waals surface area contributed by atoms with E-state index in [0.29, 0.717) is 42.6 Å². The number of benzene rings is 2. The van der Waals surface area contributed by atoms with Crippen LogP contribution in [0.4, 0.5) is 0 Å². The molecule has 0 unspecified atom stereocenters. The molecule has 0 atom stereocenters. The maximum absolute atomic E-state index is 12.8. The molecule has 2 aromatic carbocycles. The average Bonchev–Trinajstić information content (AvgIpc) is 2.77. The van der Waals surface area contributed by atoms with Gasteiger partial charge in [-0.2, -0.15) is 0 Å². The summed E-state index contributed by atoms with van der Waals surface area (Å²) in [5.41, 5.74) is 1.41. The molecule has 1 fully saturated rings. The van der Waals surface area contributed by atoms with Crippen LogP contribution < -0.4 is 19.5 Å². The molecule has 3 rings (SSSR count). The standard InChI is InChI=1S/C22H27NO5/c1-25-18-7-5-4-6-17(18)21(24)23-15-22(10-12-28-13-11-22)16-8-9-19(26-2)20(14-16)27-3/h4-9,14H,10-13,15H2,1-3H3,(H,23,24). The first-order chi connectivity index (χ1) is 13.6. The maximum Gasteiger partial charge on any atom is 0.255 e. The van der Waals surface area contributed by atoms with Gasteiger partial charge >= 0.3 is 0 Å². The van der Waals surface area contributed by atoms with E-state index in [4.69, 9.17) is 18.9 Å². The Labute approximate surface area is 165 Å². The van der Waals surface area contributed by atoms with Crippen molar-refractivity contribution < 1.29 is 23.7 Å². The third-order valence-corrected chi connectivity index (χ3v) is 5.38. The van der Waals surface area contributed by atoms with Gasteiger partial charge in [-0.05, 0) is 42.7 Å². The largest absolute Gasteiger partial charge is 0.496 e. The van der Waals surface area contributed by atoms with Gasteiger partial charge in [0.2, 0.25) is 0 Å². The van der Waals surface area contributed by atoms with E-state index >= 15 is 0 Å². The Hall–Kier alpha value is -2.73. The molecule has 1 aliphatic heterocycles. The minimum absolute atomic E-state index is 0.149. The number of carbonyl (C=O) groups is 1. The van der Waals surface area contributed by atoms with Crippen molar-refractivity contribution in [1.29, 1.82) is 0 Å². The zero-order valence-electron chi connectivity index (χ0n) is 16.6. The number of ether oxygens (including phenoxy) is 4. The number of amides is 1. The highest BCUT2D eigenvalue weighted by molar-refractivity contribution is 5.96. The summed E-state index contributed by atoms with van der Waals surface area (Å²) in [6.07, 6.45) is 1.63. The second-order valence-electron chi connectivity index (χ2n) is 6.85. The summed E-state index contributed by atoms with van der Waals surface area (Å²) >= 11 is 0. The summed E-state index contributed by atoms with van der Waals surface area (Å²) in [5, 5.41) is 3.10. The van der Waals surface area contributed by atoms with Crippen molar-refractivity contribution >= 4 is 5.91 Å². The highest BCUT2D eigenvalue weighted by Crippen LogP contribution is 2.39. The minimum Gasteiger partial charge on any atom is -0.496 e. The van der Waals surface area contributed by atoms with Crippen molar-refractivity contribution in [3.8, 4) is 17.2 Å². The maximum atomic E-state index is 12.8. The lowest BCUT2D eigenvalue weighted by Crippen LogP contribution is -2.44. The van der Waals surface area contributed by atoms with Crippen LogP contribution in [0, 0.1) is 0 Å². The van der Waals surface area contributed by atoms with Crippen LogP contribution in [0.5, 0.6) is 17.2 Å². The molecule has 0 bridgehead atoms. The molecule has 1 heterocycles. The average molecular weight is 385 g/mol. The van der Waals surface area contributed by atoms with E-state index in [1.54, 1.807) is 33.5 Å². The lowest BCUT2D eigenvalue weighted by atomic mass is 9.74. The van der Waals surface area contributed by atoms with Crippen LogP contribution in [-0.2, 0) is 10.2 Å². The summed E-state index contributed by atoms with van der Waals surface area (Å²) in [5.74, 6) is 1.78. The third-order valence-electron chi connectivity index (χ3n) is 5.38. The second kappa shape index (κ2) is 8.97. The molecule has 6 nitrogen and oxygen atoms in total. The highest BCUT2D eigenvalue weighted by Gasteiger charge is 2.35. The Morgan fingerprint density at radius 3 is 2.32 bits per heavy atom. The topological polar surface area (TPSA) is 66.0 Å². The monoisotopic (exact) mass is 385 g/mol. The molecule has 6 heteroatoms. The molecule has 2 aromatic rings. The molecular formula is C22H27NO5. The van der Waals surface area contributed by atoms with Crippen LogP contribution in [0.1, 0.15) is 28.8 Å². The fraction of sp³-hybridized carbons (Fsp3) is 0.409. The molecule has 0 saturated carbocycles. The van der Waals surface area contributed by atoms with Gasteiger partial charge in [0.05, 0.1) is 26.9 Å². The number of rotatable bonds is 7. The van der Waals surface area contributed by atoms with E-state index < -0.39 is 0 Å². The lowest BCUT2D eigenvalue weighted by Gasteiger charge is -2.38. The van der Waals surface area contributed by atoms with Gasteiger partial charge in [-0.1, -0.05) is 18.2 Å². The number of hydrogen-bond acceptors (Lipinski definition) is 5. The van der Waals surface area contributed by atoms with Gasteiger partial charge in [-0.3, -0.25) is 4.79 Å². The van der Waals surface area contributed by atoms with Crippen LogP contribution in [0.3, 0.4) is 0 Å². The fourth-order valence-electron chi connectivity index (χ4n) is 3.67. The first-order valence-electron chi connectivity index (χ1n) is 9.35. The molecular weight excluding hydrogens is 358 g/mol. The summed E-state index contributed by atoms with van der Waals surface area (Å²) < 4.78 is 21.7. The van der Waals surface area contributed by atoms with Crippen LogP contribution in [-0.4, -0.2) is 47.0 Å². The van der Waals surface area contributed by atoms with Gasteiger partial charge in [-0.25, -0.2) is 0 Å². The second-order valence-corrected chi connectivity index (χ2v) is 6.85. The predicted molar refractivity (Wildman–Crippen MR) is 107 cm³/mol. The summed E-state index contributed by atoms with van der Waals surface area (Å²) in [6, 6.07) is 13.2. The van der Waals surface area contributed by atoms with E-state index in [0.717, 1.165) is 18.4 Å². The molecule has 28 heavy (non-hydrogen) atoms. The van der Waals surface area contributed by atoms with E-state index in [-0.39, 0.29) is 11.3 Å². The first kappa shape index (κ1) is 20.0. The number of methoxy groups -OCH3 is 3. The van der Waals surface area contributed by atoms with Crippen molar-refractivity contribution in [3.63, 3.8) is 0 Å². The Balaban J connectivity index is 1.85. The van der Waals surface area contributed by atoms with Gasteiger partial charge in [0.1, 0.15) is 5.75 Å². The van der Waals surface area contributed by atoms with Crippen molar-refractivity contribution in [2.75, 3.05) is 41.1 Å². The number of carbonyl (C=O) groups excluding carboxylic acids is 1. The first-order valence-corrected chi connectivity index (χ1v) is 9.35. The zero-order chi connectivity index (χ0) is 20.0. The number of nitrogens with one attached hydrogen (secondary N) is 1. The number of hydrogen-bond donors (Lipinski definition) is 1. The molecule has 0 aliphatic carbocycles. The molecule has 0 spiro atoms. The van der Waals surface area contributed by atoms with Crippen molar-refractivity contribution in [3.05, 3.63) is 53.6 Å². The van der Waals surface area contributed by atoms with Crippen molar-refractivity contribution in [1.82, 2.24) is 5.32 Å². The normalized spacial score (nSPS) is 15.5. The van der Waals surface area contributed by atoms with Gasteiger partial charge in [0.15, 0.2) is 11.5 Å². The zero-order valence-corrected chi connectivity index (χ0v) is 16.6. The van der Waals surface area contributed by atoms with Crippen LogP contribution in [0.15, 0.2) is 42.5 Å². The molecule has 1 aliphatic rings. The molecule has 0 radical (unpaired) electrons. The lowest BCUT2D eigenvalue weighted by molar-refractivity contribution is 0.0486. The highest BCUT2D eigenvalue weighted by atomic mass is 16.5. The van der Waals surface area contributed by atoms with Crippen LogP contribution in [0.25, 0.3) is 0 Å². The summed E-state index contributed by atoms with van der Waals surface area (Å²) in [6.45, 7) is 1.81. The Bertz CT molecular complexity index is 814. The molecule has 1 amide bonds. The summed E-state index contributed by atoms with van der Waals surface area (Å²) in [4.78, 5) is 12.8. The van der Waals surface area contributed by atoms with Crippen LogP contribution in [0.2, 0.25) is 0 Å². The fourth-order valence-corrected chi connectivity index (χ4v) is 3.67. The Morgan fingerprint density at radius 1 is 0.964 bits per heavy atom. The van der Waals surface area contributed by atoms with Crippen molar-refractivity contribution in [2.24, 2.45) is 0 Å². The third kappa shape index (κ3) is 4.07. The van der Waals surface area contributed by atoms with E-state index in [9.17, 15) is 4.79 Å². The van der Waals surface area contributed by atoms with E-state index in [2.05, 4.69) is 5.32 Å². The van der Waals surface area contributed by atoms with E-state index in [1.807, 2.05) is 30.3 Å². The Morgan fingerprint density at radius 2 is 1.64 bits per heavy atom. The van der Waals surface area contributed by atoms with E-state index in [1.165, 1.54) is 0 Å². The Kier molecular flexibility index (Phi) is 6.41. The molecule has 0 aromatic heterocycles. The molecule has 1 N–H and O–H groups in total. The van der Waals surface area contributed by atoms with Gasteiger partial charge < -0.3 is 24.3 Å². The summed E-state index contributed by atoms with van der Waals surface area (Å²) in [7, 11) is 4.81. The molecule has 150 valence electrons. The quantitative estimate of drug-likeness (QED) is 0.793. The van der Waals surface area contributed by atoms with Gasteiger partial charge in [0, 0.05) is 25.2 Å². The molecule has 1 saturated heterocycles. The van der Waals surface area contributed by atoms with Crippen LogP contribution >= 0.6 is 0 Å². The van der Waals surface area contributed by atoms with Crippen molar-refractivity contribution in [2.45, 2.75) is 18.3 Å². The smallest absolute Gasteiger partial charge is 0.255 e. The minimum atomic E-state index is -0.227. The number of para-hydroxylation sites is 1. The predicted octanol–water partition coefficient (Wildman–Crippen LogP) is 3.19. The van der Waals surface area contributed by atoms with Gasteiger partial charge in [0.25, 0.3) is 5.91 Å². The SMILES string of the molecule is COc1ccc(C2(CNC(=O)c3ccccc3OC)CCOCC2)cc1OC.